The van der Waals surface area contributed by atoms with Crippen molar-refractivity contribution in [2.45, 2.75) is 32.0 Å². The fourth-order valence-corrected chi connectivity index (χ4v) is 0.966. The highest BCUT2D eigenvalue weighted by Crippen LogP contribution is 2.02. The second kappa shape index (κ2) is 8.87. The Morgan fingerprint density at radius 3 is 2.38 bits per heavy atom. The molecule has 0 amide bonds. The fourth-order valence-electron chi connectivity index (χ4n) is 0.966. The summed E-state index contributed by atoms with van der Waals surface area (Å²) in [4.78, 5) is 20.9. The van der Waals surface area contributed by atoms with E-state index in [0.29, 0.717) is 31.8 Å². The lowest BCUT2D eigenvalue weighted by Gasteiger charge is -2.03. The molecule has 0 saturated heterocycles. The maximum atomic E-state index is 10.8. The number of aliphatic hydroxyl groups is 2. The summed E-state index contributed by atoms with van der Waals surface area (Å²) >= 11 is 0. The van der Waals surface area contributed by atoms with Crippen LogP contribution < -0.4 is 0 Å². The van der Waals surface area contributed by atoms with E-state index in [-0.39, 0.29) is 6.61 Å². The lowest BCUT2D eigenvalue weighted by molar-refractivity contribution is -0.138. The van der Waals surface area contributed by atoms with Crippen molar-refractivity contribution in [1.82, 2.24) is 0 Å². The van der Waals surface area contributed by atoms with E-state index < -0.39 is 18.2 Å². The molecule has 0 unspecified atom stereocenters. The first-order valence-corrected chi connectivity index (χ1v) is 4.96. The molecule has 0 rings (SSSR count). The van der Waals surface area contributed by atoms with E-state index in [0.717, 1.165) is 6.08 Å². The number of hydrogen-bond acceptors (Lipinski definition) is 5. The Labute approximate surface area is 93.2 Å². The number of ether oxygens (including phenoxy) is 1. The maximum absolute atomic E-state index is 10.8. The quantitative estimate of drug-likeness (QED) is 0.236. The smallest absolute Gasteiger partial charge is 0.331 e. The maximum Gasteiger partial charge on any atom is 0.331 e. The zero-order chi connectivity index (χ0) is 12.4. The Kier molecular flexibility index (Phi) is 8.10. The van der Waals surface area contributed by atoms with E-state index in [9.17, 15) is 9.59 Å². The minimum absolute atomic E-state index is 0.199. The van der Waals surface area contributed by atoms with Crippen LogP contribution in [-0.2, 0) is 14.3 Å². The number of aliphatic carboxylic acids is 1. The van der Waals surface area contributed by atoms with Gasteiger partial charge in [0, 0.05) is 12.2 Å². The Bertz CT molecular complexity index is 246. The number of hydrogen-bond donors (Lipinski definition) is 3. The lowest BCUT2D eigenvalue weighted by atomic mass is 10.2. The van der Waals surface area contributed by atoms with Crippen LogP contribution in [0.25, 0.3) is 0 Å². The number of carboxylic acid groups (broad SMARTS) is 1. The van der Waals surface area contributed by atoms with Gasteiger partial charge in [-0.2, -0.15) is 0 Å². The third-order valence-electron chi connectivity index (χ3n) is 1.71. The largest absolute Gasteiger partial charge is 0.478 e. The Morgan fingerprint density at radius 1 is 1.12 bits per heavy atom. The number of esters is 1. The van der Waals surface area contributed by atoms with Gasteiger partial charge in [-0.05, 0) is 25.7 Å². The molecule has 0 bridgehead atoms. The molecule has 0 aromatic rings. The molecule has 0 aromatic carbocycles. The van der Waals surface area contributed by atoms with Crippen LogP contribution in [-0.4, -0.2) is 40.2 Å². The van der Waals surface area contributed by atoms with Crippen molar-refractivity contribution in [3.63, 3.8) is 0 Å². The van der Waals surface area contributed by atoms with Crippen molar-refractivity contribution in [2.24, 2.45) is 0 Å². The van der Waals surface area contributed by atoms with Crippen molar-refractivity contribution < 1.29 is 29.6 Å². The molecule has 0 saturated carbocycles. The van der Waals surface area contributed by atoms with E-state index in [4.69, 9.17) is 15.3 Å². The van der Waals surface area contributed by atoms with Crippen LogP contribution in [0.4, 0.5) is 0 Å². The molecule has 0 aliphatic rings. The summed E-state index contributed by atoms with van der Waals surface area (Å²) in [5.41, 5.74) is 0. The summed E-state index contributed by atoms with van der Waals surface area (Å²) in [6.07, 6.45) is 2.53. The Morgan fingerprint density at radius 2 is 1.81 bits per heavy atom. The van der Waals surface area contributed by atoms with E-state index in [1.807, 2.05) is 0 Å². The van der Waals surface area contributed by atoms with Gasteiger partial charge < -0.3 is 20.1 Å². The predicted molar refractivity (Wildman–Crippen MR) is 54.4 cm³/mol. The van der Waals surface area contributed by atoms with Crippen LogP contribution in [0.5, 0.6) is 0 Å². The first-order valence-electron chi connectivity index (χ1n) is 4.96. The van der Waals surface area contributed by atoms with Crippen LogP contribution in [0.15, 0.2) is 12.2 Å². The molecular formula is C10H16O6. The summed E-state index contributed by atoms with van der Waals surface area (Å²) in [6, 6.07) is 0. The summed E-state index contributed by atoms with van der Waals surface area (Å²) in [5, 5.41) is 25.3. The summed E-state index contributed by atoms with van der Waals surface area (Å²) in [6.45, 7) is 0.199. The van der Waals surface area contributed by atoms with Crippen molar-refractivity contribution in [1.29, 1.82) is 0 Å². The number of carbonyl (C=O) groups is 2. The first-order chi connectivity index (χ1) is 7.52. The van der Waals surface area contributed by atoms with Gasteiger partial charge in [0.15, 0.2) is 6.29 Å². The lowest BCUT2D eigenvalue weighted by Crippen LogP contribution is -2.05. The zero-order valence-electron chi connectivity index (χ0n) is 8.83. The van der Waals surface area contributed by atoms with E-state index in [1.54, 1.807) is 0 Å². The van der Waals surface area contributed by atoms with Crippen molar-refractivity contribution >= 4 is 11.9 Å². The molecule has 6 nitrogen and oxygen atoms in total. The predicted octanol–water partition coefficient (Wildman–Crippen LogP) is 0.0415. The molecule has 6 heteroatoms. The molecule has 0 aromatic heterocycles. The zero-order valence-corrected chi connectivity index (χ0v) is 8.83. The third kappa shape index (κ3) is 10.7. The molecule has 3 N–H and O–H groups in total. The molecule has 0 spiro atoms. The number of carbonyl (C=O) groups excluding carboxylic acids is 1. The van der Waals surface area contributed by atoms with Crippen LogP contribution in [0, 0.1) is 0 Å². The number of carboxylic acids is 1. The molecular weight excluding hydrogens is 216 g/mol. The van der Waals surface area contributed by atoms with E-state index >= 15 is 0 Å². The fraction of sp³-hybridized carbons (Fsp3) is 0.600. The van der Waals surface area contributed by atoms with Crippen molar-refractivity contribution in [3.05, 3.63) is 12.2 Å². The van der Waals surface area contributed by atoms with Gasteiger partial charge >= 0.3 is 11.9 Å². The highest BCUT2D eigenvalue weighted by Gasteiger charge is 1.99. The summed E-state index contributed by atoms with van der Waals surface area (Å²) in [5.74, 6) is -1.89. The van der Waals surface area contributed by atoms with E-state index in [2.05, 4.69) is 4.74 Å². The number of unbranched alkanes of at least 4 members (excludes halogenated alkanes) is 2. The standard InChI is InChI=1S/C10H16O6/c11-8(12)4-2-1-3-7-16-10(15)6-5-9(13)14/h5-6,8,11-12H,1-4,7H2,(H,13,14)/b6-5-. The minimum Gasteiger partial charge on any atom is -0.478 e. The van der Waals surface area contributed by atoms with Gasteiger partial charge in [0.2, 0.25) is 0 Å². The first kappa shape index (κ1) is 14.6. The SMILES string of the molecule is O=C(O)/C=C\C(=O)OCCCCCC(O)O. The molecule has 16 heavy (non-hydrogen) atoms. The topological polar surface area (TPSA) is 104 Å². The van der Waals surface area contributed by atoms with Gasteiger partial charge in [-0.25, -0.2) is 9.59 Å². The monoisotopic (exact) mass is 232 g/mol. The van der Waals surface area contributed by atoms with Gasteiger partial charge in [-0.1, -0.05) is 0 Å². The van der Waals surface area contributed by atoms with Crippen LogP contribution in [0.3, 0.4) is 0 Å². The molecule has 0 heterocycles. The number of aliphatic hydroxyl groups excluding tert-OH is 1. The van der Waals surface area contributed by atoms with Crippen molar-refractivity contribution in [3.8, 4) is 0 Å². The van der Waals surface area contributed by atoms with Crippen LogP contribution >= 0.6 is 0 Å². The highest BCUT2D eigenvalue weighted by atomic mass is 16.5. The van der Waals surface area contributed by atoms with Crippen LogP contribution in [0.1, 0.15) is 25.7 Å². The Hall–Kier alpha value is -1.40. The summed E-state index contributed by atoms with van der Waals surface area (Å²) in [7, 11) is 0. The second-order valence-electron chi connectivity index (χ2n) is 3.17. The highest BCUT2D eigenvalue weighted by molar-refractivity contribution is 5.90. The van der Waals surface area contributed by atoms with Crippen LogP contribution in [0.2, 0.25) is 0 Å². The molecule has 92 valence electrons. The summed E-state index contributed by atoms with van der Waals surface area (Å²) < 4.78 is 4.69. The van der Waals surface area contributed by atoms with Gasteiger partial charge in [0.05, 0.1) is 6.61 Å². The average Bonchev–Trinajstić information content (AvgIpc) is 2.19. The van der Waals surface area contributed by atoms with Gasteiger partial charge in [0.1, 0.15) is 0 Å². The molecule has 0 aliphatic carbocycles. The molecule has 0 aliphatic heterocycles. The van der Waals surface area contributed by atoms with Gasteiger partial charge in [-0.3, -0.25) is 0 Å². The van der Waals surface area contributed by atoms with E-state index in [1.165, 1.54) is 0 Å². The molecule has 0 radical (unpaired) electrons. The average molecular weight is 232 g/mol. The molecule has 0 fully saturated rings. The van der Waals surface area contributed by atoms with Crippen molar-refractivity contribution in [2.75, 3.05) is 6.61 Å². The number of rotatable bonds is 8. The minimum atomic E-state index is -1.29. The van der Waals surface area contributed by atoms with Gasteiger partial charge in [-0.15, -0.1) is 0 Å². The second-order valence-corrected chi connectivity index (χ2v) is 3.17. The normalized spacial score (nSPS) is 10.9. The Balaban J connectivity index is 3.38. The third-order valence-corrected chi connectivity index (χ3v) is 1.71. The van der Waals surface area contributed by atoms with Gasteiger partial charge in [0.25, 0.3) is 0 Å². The molecule has 0 atom stereocenters.